The maximum atomic E-state index is 13.1. The normalized spacial score (nSPS) is 10.4. The second-order valence-electron chi connectivity index (χ2n) is 5.65. The van der Waals surface area contributed by atoms with Gasteiger partial charge in [-0.1, -0.05) is 72.8 Å². The summed E-state index contributed by atoms with van der Waals surface area (Å²) in [4.78, 5) is 15.6. The van der Waals surface area contributed by atoms with E-state index in [1.54, 1.807) is 0 Å². The van der Waals surface area contributed by atoms with Crippen LogP contribution < -0.4 is 0 Å². The van der Waals surface area contributed by atoms with Crippen LogP contribution in [0.15, 0.2) is 89.8 Å². The topological polar surface area (TPSA) is 20.3 Å². The van der Waals surface area contributed by atoms with Crippen LogP contribution in [0, 0.1) is 0 Å². The first-order valence-corrected chi connectivity index (χ1v) is 8.34. The fourth-order valence-corrected chi connectivity index (χ4v) is 2.89. The highest BCUT2D eigenvalue weighted by Gasteiger charge is 2.18. The summed E-state index contributed by atoms with van der Waals surface area (Å²) in [6.07, 6.45) is 0. The molecule has 2 nitrogen and oxygen atoms in total. The molecule has 0 fully saturated rings. The summed E-state index contributed by atoms with van der Waals surface area (Å²) in [6.45, 7) is 1.13. The quantitative estimate of drug-likeness (QED) is 0.664. The van der Waals surface area contributed by atoms with Crippen molar-refractivity contribution < 1.29 is 4.79 Å². The minimum atomic E-state index is -0.00620. The molecule has 0 aromatic heterocycles. The van der Waals surface area contributed by atoms with Gasteiger partial charge < -0.3 is 4.90 Å². The lowest BCUT2D eigenvalue weighted by molar-refractivity contribution is 0.0726. The van der Waals surface area contributed by atoms with Crippen LogP contribution in [0.2, 0.25) is 0 Å². The number of carbonyl (C=O) groups excluding carboxylic acids is 1. The zero-order valence-electron chi connectivity index (χ0n) is 13.3. The van der Waals surface area contributed by atoms with Crippen LogP contribution in [-0.4, -0.2) is 10.8 Å². The summed E-state index contributed by atoms with van der Waals surface area (Å²) in [6, 6.07) is 27.5. The van der Waals surface area contributed by atoms with Crippen molar-refractivity contribution >= 4 is 18.5 Å². The molecule has 1 amide bonds. The molecule has 3 rings (SSSR count). The van der Waals surface area contributed by atoms with Crippen LogP contribution in [0.1, 0.15) is 21.5 Å². The van der Waals surface area contributed by atoms with Crippen LogP contribution in [0.3, 0.4) is 0 Å². The molecule has 0 radical (unpaired) electrons. The highest BCUT2D eigenvalue weighted by atomic mass is 32.1. The summed E-state index contributed by atoms with van der Waals surface area (Å²) in [5.41, 5.74) is 2.85. The van der Waals surface area contributed by atoms with E-state index in [1.165, 1.54) is 0 Å². The van der Waals surface area contributed by atoms with Gasteiger partial charge in [0.1, 0.15) is 0 Å². The van der Waals surface area contributed by atoms with Gasteiger partial charge in [0.2, 0.25) is 0 Å². The van der Waals surface area contributed by atoms with Crippen LogP contribution in [0.4, 0.5) is 0 Å². The van der Waals surface area contributed by atoms with Gasteiger partial charge in [-0.2, -0.15) is 0 Å². The molecular weight excluding hydrogens is 314 g/mol. The van der Waals surface area contributed by atoms with Crippen molar-refractivity contribution in [2.45, 2.75) is 18.0 Å². The van der Waals surface area contributed by atoms with Crippen molar-refractivity contribution in [3.63, 3.8) is 0 Å². The third kappa shape index (κ3) is 4.06. The molecule has 120 valence electrons. The molecule has 3 heteroatoms. The van der Waals surface area contributed by atoms with Crippen molar-refractivity contribution in [3.05, 3.63) is 102 Å². The predicted molar refractivity (Wildman–Crippen MR) is 100 cm³/mol. The van der Waals surface area contributed by atoms with Crippen molar-refractivity contribution in [2.24, 2.45) is 0 Å². The minimum Gasteiger partial charge on any atom is -0.330 e. The zero-order valence-corrected chi connectivity index (χ0v) is 14.2. The Morgan fingerprint density at radius 2 is 1.17 bits per heavy atom. The smallest absolute Gasteiger partial charge is 0.255 e. The molecule has 0 heterocycles. The number of hydrogen-bond donors (Lipinski definition) is 1. The Labute approximate surface area is 148 Å². The van der Waals surface area contributed by atoms with Gasteiger partial charge in [-0.25, -0.2) is 0 Å². The SMILES string of the molecule is O=C(c1ccccc1S)N(Cc1ccccc1)Cc1ccccc1. The number of benzene rings is 3. The van der Waals surface area contributed by atoms with E-state index in [-0.39, 0.29) is 5.91 Å². The third-order valence-electron chi connectivity index (χ3n) is 3.85. The van der Waals surface area contributed by atoms with Gasteiger partial charge in [0.25, 0.3) is 5.91 Å². The molecule has 0 unspecified atom stereocenters. The van der Waals surface area contributed by atoms with Crippen molar-refractivity contribution in [1.29, 1.82) is 0 Å². The third-order valence-corrected chi connectivity index (χ3v) is 4.24. The molecule has 0 aliphatic rings. The van der Waals surface area contributed by atoms with Gasteiger partial charge >= 0.3 is 0 Å². The van der Waals surface area contributed by atoms with E-state index in [1.807, 2.05) is 89.8 Å². The summed E-state index contributed by atoms with van der Waals surface area (Å²) in [5.74, 6) is -0.00620. The van der Waals surface area contributed by atoms with E-state index in [4.69, 9.17) is 0 Å². The van der Waals surface area contributed by atoms with E-state index in [9.17, 15) is 4.79 Å². The Balaban J connectivity index is 1.89. The van der Waals surface area contributed by atoms with Crippen molar-refractivity contribution in [2.75, 3.05) is 0 Å². The lowest BCUT2D eigenvalue weighted by Crippen LogP contribution is -2.30. The second kappa shape index (κ2) is 7.84. The first kappa shape index (κ1) is 16.3. The summed E-state index contributed by atoms with van der Waals surface area (Å²) in [7, 11) is 0. The van der Waals surface area contributed by atoms with E-state index in [2.05, 4.69) is 12.6 Å². The van der Waals surface area contributed by atoms with Crippen molar-refractivity contribution in [1.82, 2.24) is 4.90 Å². The zero-order chi connectivity index (χ0) is 16.8. The van der Waals surface area contributed by atoms with Crippen LogP contribution in [0.5, 0.6) is 0 Å². The van der Waals surface area contributed by atoms with Crippen molar-refractivity contribution in [3.8, 4) is 0 Å². The van der Waals surface area contributed by atoms with E-state index in [0.717, 1.165) is 11.1 Å². The Morgan fingerprint density at radius 1 is 0.708 bits per heavy atom. The average molecular weight is 333 g/mol. The van der Waals surface area contributed by atoms with Gasteiger partial charge in [0.05, 0.1) is 5.56 Å². The van der Waals surface area contributed by atoms with Gasteiger partial charge in [0.15, 0.2) is 0 Å². The van der Waals surface area contributed by atoms with Gasteiger partial charge in [-0.3, -0.25) is 4.79 Å². The molecule has 0 saturated carbocycles. The van der Waals surface area contributed by atoms with Gasteiger partial charge in [0, 0.05) is 18.0 Å². The number of amides is 1. The fraction of sp³-hybridized carbons (Fsp3) is 0.0952. The largest absolute Gasteiger partial charge is 0.330 e. The molecule has 0 spiro atoms. The Kier molecular flexibility index (Phi) is 5.34. The van der Waals surface area contributed by atoms with E-state index in [0.29, 0.717) is 23.5 Å². The highest BCUT2D eigenvalue weighted by molar-refractivity contribution is 7.80. The molecular formula is C21H19NOS. The summed E-state index contributed by atoms with van der Waals surface area (Å²) < 4.78 is 0. The molecule has 0 bridgehead atoms. The number of hydrogen-bond acceptors (Lipinski definition) is 2. The highest BCUT2D eigenvalue weighted by Crippen LogP contribution is 2.19. The standard InChI is InChI=1S/C21H19NOS/c23-21(19-13-7-8-14-20(19)24)22(15-17-9-3-1-4-10-17)16-18-11-5-2-6-12-18/h1-14,24H,15-16H2. The van der Waals surface area contributed by atoms with Gasteiger partial charge in [-0.05, 0) is 23.3 Å². The van der Waals surface area contributed by atoms with E-state index >= 15 is 0 Å². The molecule has 0 aliphatic carbocycles. The maximum Gasteiger partial charge on any atom is 0.255 e. The Morgan fingerprint density at radius 3 is 1.67 bits per heavy atom. The monoisotopic (exact) mass is 333 g/mol. The summed E-state index contributed by atoms with van der Waals surface area (Å²) >= 11 is 4.44. The molecule has 0 atom stereocenters. The Hall–Kier alpha value is -2.52. The molecule has 3 aromatic carbocycles. The van der Waals surface area contributed by atoms with Crippen LogP contribution in [-0.2, 0) is 13.1 Å². The molecule has 0 aliphatic heterocycles. The summed E-state index contributed by atoms with van der Waals surface area (Å²) in [5, 5.41) is 0. The average Bonchev–Trinajstić information content (AvgIpc) is 2.63. The number of rotatable bonds is 5. The number of thiol groups is 1. The molecule has 24 heavy (non-hydrogen) atoms. The Bertz CT molecular complexity index is 761. The van der Waals surface area contributed by atoms with Crippen LogP contribution >= 0.6 is 12.6 Å². The lowest BCUT2D eigenvalue weighted by atomic mass is 10.1. The lowest BCUT2D eigenvalue weighted by Gasteiger charge is -2.24. The minimum absolute atomic E-state index is 0.00620. The van der Waals surface area contributed by atoms with Crippen LogP contribution in [0.25, 0.3) is 0 Å². The predicted octanol–water partition coefficient (Wildman–Crippen LogP) is 4.82. The molecule has 0 N–H and O–H groups in total. The molecule has 3 aromatic rings. The maximum absolute atomic E-state index is 13.1. The second-order valence-corrected chi connectivity index (χ2v) is 6.13. The first-order valence-electron chi connectivity index (χ1n) is 7.89. The van der Waals surface area contributed by atoms with Gasteiger partial charge in [-0.15, -0.1) is 12.6 Å². The van der Waals surface area contributed by atoms with E-state index < -0.39 is 0 Å². The molecule has 0 saturated heterocycles. The number of carbonyl (C=O) groups is 1. The number of nitrogens with zero attached hydrogens (tertiary/aromatic N) is 1. The fourth-order valence-electron chi connectivity index (χ4n) is 2.63. The first-order chi connectivity index (χ1) is 11.7.